The Balaban J connectivity index is 1.32. The summed E-state index contributed by atoms with van der Waals surface area (Å²) in [5, 5.41) is 10.9. The average molecular weight is 536 g/mol. The van der Waals surface area contributed by atoms with Crippen molar-refractivity contribution in [3.05, 3.63) is 36.5 Å². The van der Waals surface area contributed by atoms with Crippen LogP contribution in [0.2, 0.25) is 0 Å². The molecule has 210 valence electrons. The van der Waals surface area contributed by atoms with E-state index < -0.39 is 0 Å². The third-order valence-electron chi connectivity index (χ3n) is 8.76. The molecule has 0 aromatic carbocycles. The SMILES string of the molecule is CC(C)[C@@H]1CC[C@@H](C)CC(=O)N2C[C@H]3C[C@@H](CN(C(=O)c4cccc(-n5cnnc5)n4)C3)[C@@H]2CCCC(=O)N1. The molecule has 0 saturated carbocycles. The number of aromatic nitrogens is 4. The van der Waals surface area contributed by atoms with E-state index in [-0.39, 0.29) is 47.6 Å². The number of amides is 3. The molecule has 5 rings (SSSR count). The van der Waals surface area contributed by atoms with Gasteiger partial charge < -0.3 is 15.1 Å². The van der Waals surface area contributed by atoms with Gasteiger partial charge in [-0.1, -0.05) is 26.8 Å². The normalized spacial score (nSPS) is 28.7. The van der Waals surface area contributed by atoms with Crippen molar-refractivity contribution in [3.63, 3.8) is 0 Å². The average Bonchev–Trinajstić information content (AvgIpc) is 3.46. The largest absolute Gasteiger partial charge is 0.353 e. The summed E-state index contributed by atoms with van der Waals surface area (Å²) in [6.07, 6.45) is 8.46. The lowest BCUT2D eigenvalue weighted by Gasteiger charge is -2.51. The molecular weight excluding hydrogens is 494 g/mol. The summed E-state index contributed by atoms with van der Waals surface area (Å²) in [6, 6.07) is 5.59. The fraction of sp³-hybridized carbons (Fsp3) is 0.655. The molecule has 39 heavy (non-hydrogen) atoms. The van der Waals surface area contributed by atoms with Crippen LogP contribution < -0.4 is 5.32 Å². The first-order valence-corrected chi connectivity index (χ1v) is 14.5. The number of nitrogens with zero attached hydrogens (tertiary/aromatic N) is 6. The molecule has 3 saturated heterocycles. The number of piperidine rings is 2. The van der Waals surface area contributed by atoms with Gasteiger partial charge in [0.05, 0.1) is 0 Å². The molecule has 2 aromatic rings. The number of likely N-dealkylation sites (tertiary alicyclic amines) is 1. The summed E-state index contributed by atoms with van der Waals surface area (Å²) in [5.74, 6) is 1.91. The van der Waals surface area contributed by atoms with Gasteiger partial charge in [-0.3, -0.25) is 19.0 Å². The van der Waals surface area contributed by atoms with E-state index in [2.05, 4.69) is 46.2 Å². The third-order valence-corrected chi connectivity index (χ3v) is 8.76. The predicted molar refractivity (Wildman–Crippen MR) is 146 cm³/mol. The minimum atomic E-state index is -0.0863. The molecule has 0 spiro atoms. The second-order valence-corrected chi connectivity index (χ2v) is 12.1. The summed E-state index contributed by atoms with van der Waals surface area (Å²) in [5.41, 5.74) is 0.397. The molecule has 1 N–H and O–H groups in total. The maximum absolute atomic E-state index is 13.6. The molecule has 0 aliphatic carbocycles. The van der Waals surface area contributed by atoms with E-state index in [0.29, 0.717) is 49.9 Å². The summed E-state index contributed by atoms with van der Waals surface area (Å²) in [6.45, 7) is 8.33. The second kappa shape index (κ2) is 11.8. The highest BCUT2D eigenvalue weighted by molar-refractivity contribution is 5.92. The molecule has 0 radical (unpaired) electrons. The van der Waals surface area contributed by atoms with E-state index >= 15 is 0 Å². The molecule has 3 fully saturated rings. The number of carbonyl (C=O) groups is 3. The van der Waals surface area contributed by atoms with Crippen molar-refractivity contribution in [2.24, 2.45) is 23.7 Å². The number of fused-ring (bicyclic) bond motifs is 4. The Bertz CT molecular complexity index is 1170. The van der Waals surface area contributed by atoms with Gasteiger partial charge in [-0.05, 0) is 67.9 Å². The number of hydrogen-bond donors (Lipinski definition) is 1. The van der Waals surface area contributed by atoms with E-state index in [1.807, 2.05) is 17.0 Å². The monoisotopic (exact) mass is 535 g/mol. The van der Waals surface area contributed by atoms with Crippen molar-refractivity contribution in [2.75, 3.05) is 19.6 Å². The van der Waals surface area contributed by atoms with Crippen LogP contribution in [0.15, 0.2) is 30.9 Å². The van der Waals surface area contributed by atoms with Gasteiger partial charge in [0.2, 0.25) is 11.8 Å². The molecule has 3 aliphatic rings. The Morgan fingerprint density at radius 2 is 1.85 bits per heavy atom. The Morgan fingerprint density at radius 1 is 1.05 bits per heavy atom. The van der Waals surface area contributed by atoms with E-state index in [1.165, 1.54) is 0 Å². The molecule has 5 heterocycles. The lowest BCUT2D eigenvalue weighted by molar-refractivity contribution is -0.141. The van der Waals surface area contributed by atoms with Gasteiger partial charge in [-0.25, -0.2) is 4.98 Å². The Kier molecular flexibility index (Phi) is 8.28. The summed E-state index contributed by atoms with van der Waals surface area (Å²) < 4.78 is 1.68. The predicted octanol–water partition coefficient (Wildman–Crippen LogP) is 3.08. The standard InChI is InChI=1S/C29H41N7O3/c1-19(2)23-11-10-20(3)12-28(38)36-15-21-13-22(25(36)7-5-9-27(37)33-23)16-34(14-21)29(39)24-6-4-8-26(32-24)35-17-30-31-18-35/h4,6,8,17-23,25H,5,7,9-16H2,1-3H3,(H,33,37)/t20-,21+,22+,23+,25+/m1/s1. The van der Waals surface area contributed by atoms with Crippen molar-refractivity contribution < 1.29 is 14.4 Å². The Labute approximate surface area is 230 Å². The van der Waals surface area contributed by atoms with Crippen LogP contribution in [0.4, 0.5) is 0 Å². The molecule has 10 heteroatoms. The smallest absolute Gasteiger partial charge is 0.272 e. The fourth-order valence-electron chi connectivity index (χ4n) is 6.64. The van der Waals surface area contributed by atoms with Crippen LogP contribution in [0.5, 0.6) is 0 Å². The minimum absolute atomic E-state index is 0.0438. The van der Waals surface area contributed by atoms with Gasteiger partial charge in [0.25, 0.3) is 5.91 Å². The molecule has 3 amide bonds. The first-order valence-electron chi connectivity index (χ1n) is 14.5. The summed E-state index contributed by atoms with van der Waals surface area (Å²) in [4.78, 5) is 48.6. The highest BCUT2D eigenvalue weighted by Crippen LogP contribution is 2.37. The molecule has 5 atom stereocenters. The fourth-order valence-corrected chi connectivity index (χ4v) is 6.64. The zero-order valence-corrected chi connectivity index (χ0v) is 23.3. The van der Waals surface area contributed by atoms with Gasteiger partial charge in [-0.15, -0.1) is 10.2 Å². The van der Waals surface area contributed by atoms with Gasteiger partial charge in [0, 0.05) is 44.6 Å². The zero-order chi connectivity index (χ0) is 27.5. The number of hydrogen-bond acceptors (Lipinski definition) is 6. The number of nitrogens with one attached hydrogen (secondary N) is 1. The lowest BCUT2D eigenvalue weighted by atomic mass is 9.77. The van der Waals surface area contributed by atoms with Crippen molar-refractivity contribution in [1.82, 2.24) is 34.9 Å². The van der Waals surface area contributed by atoms with Crippen LogP contribution in [0.3, 0.4) is 0 Å². The molecular formula is C29H41N7O3. The van der Waals surface area contributed by atoms with Crippen LogP contribution >= 0.6 is 0 Å². The first-order chi connectivity index (χ1) is 18.8. The van der Waals surface area contributed by atoms with Crippen molar-refractivity contribution in [3.8, 4) is 5.82 Å². The zero-order valence-electron chi connectivity index (χ0n) is 23.3. The van der Waals surface area contributed by atoms with Crippen molar-refractivity contribution in [2.45, 2.75) is 77.8 Å². The Hall–Kier alpha value is -3.30. The van der Waals surface area contributed by atoms with Crippen LogP contribution in [0.1, 0.15) is 76.2 Å². The summed E-state index contributed by atoms with van der Waals surface area (Å²) >= 11 is 0. The maximum Gasteiger partial charge on any atom is 0.272 e. The number of rotatable bonds is 3. The highest BCUT2D eigenvalue weighted by Gasteiger charge is 2.44. The van der Waals surface area contributed by atoms with Crippen molar-refractivity contribution >= 4 is 17.7 Å². The van der Waals surface area contributed by atoms with Crippen LogP contribution in [-0.4, -0.2) is 79.0 Å². The topological polar surface area (TPSA) is 113 Å². The van der Waals surface area contributed by atoms with Gasteiger partial charge in [0.15, 0.2) is 0 Å². The quantitative estimate of drug-likeness (QED) is 0.646. The molecule has 2 aromatic heterocycles. The molecule has 2 bridgehead atoms. The van der Waals surface area contributed by atoms with Gasteiger partial charge >= 0.3 is 0 Å². The second-order valence-electron chi connectivity index (χ2n) is 12.1. The van der Waals surface area contributed by atoms with Crippen LogP contribution in [0, 0.1) is 23.7 Å². The Morgan fingerprint density at radius 3 is 2.62 bits per heavy atom. The number of carbonyl (C=O) groups excluding carboxylic acids is 3. The van der Waals surface area contributed by atoms with Gasteiger partial charge in [0.1, 0.15) is 24.2 Å². The molecule has 0 unspecified atom stereocenters. The molecule has 3 aliphatic heterocycles. The first kappa shape index (κ1) is 27.3. The summed E-state index contributed by atoms with van der Waals surface area (Å²) in [7, 11) is 0. The highest BCUT2D eigenvalue weighted by atomic mass is 16.2. The maximum atomic E-state index is 13.6. The van der Waals surface area contributed by atoms with Crippen LogP contribution in [-0.2, 0) is 9.59 Å². The third kappa shape index (κ3) is 6.31. The van der Waals surface area contributed by atoms with E-state index in [9.17, 15) is 14.4 Å². The lowest BCUT2D eigenvalue weighted by Crippen LogP contribution is -2.60. The van der Waals surface area contributed by atoms with Gasteiger partial charge in [-0.2, -0.15) is 0 Å². The van der Waals surface area contributed by atoms with Crippen LogP contribution in [0.25, 0.3) is 5.82 Å². The van der Waals surface area contributed by atoms with Crippen molar-refractivity contribution in [1.29, 1.82) is 0 Å². The molecule has 10 nitrogen and oxygen atoms in total. The number of pyridine rings is 1. The van der Waals surface area contributed by atoms with E-state index in [4.69, 9.17) is 0 Å². The van der Waals surface area contributed by atoms with E-state index in [0.717, 1.165) is 32.1 Å². The minimum Gasteiger partial charge on any atom is -0.353 e. The van der Waals surface area contributed by atoms with E-state index in [1.54, 1.807) is 23.3 Å².